The van der Waals surface area contributed by atoms with Gasteiger partial charge < -0.3 is 15.8 Å². The molecule has 1 saturated heterocycles. The Bertz CT molecular complexity index is 439. The van der Waals surface area contributed by atoms with Crippen LogP contribution in [0.15, 0.2) is 18.2 Å². The second-order valence-electron chi connectivity index (χ2n) is 4.84. The first-order valence-electron chi connectivity index (χ1n) is 6.36. The molecule has 1 fully saturated rings. The number of nitrogens with two attached hydrogens (primary N) is 1. The van der Waals surface area contributed by atoms with Gasteiger partial charge in [0.15, 0.2) is 5.78 Å². The summed E-state index contributed by atoms with van der Waals surface area (Å²) in [5.74, 6) is -0.0130. The third kappa shape index (κ3) is 2.82. The van der Waals surface area contributed by atoms with E-state index in [2.05, 4.69) is 12.2 Å². The van der Waals surface area contributed by atoms with E-state index in [0.29, 0.717) is 11.3 Å². The van der Waals surface area contributed by atoms with Crippen molar-refractivity contribution < 1.29 is 9.53 Å². The van der Waals surface area contributed by atoms with Crippen LogP contribution in [0, 0.1) is 0 Å². The molecule has 1 aliphatic heterocycles. The molecule has 0 bridgehead atoms. The minimum absolute atomic E-state index is 0.0130. The van der Waals surface area contributed by atoms with E-state index in [1.807, 2.05) is 12.1 Å². The Morgan fingerprint density at radius 1 is 1.56 bits per heavy atom. The van der Waals surface area contributed by atoms with Gasteiger partial charge in [0, 0.05) is 29.6 Å². The average Bonchev–Trinajstić information content (AvgIpc) is 2.85. The van der Waals surface area contributed by atoms with Crippen molar-refractivity contribution in [3.05, 3.63) is 23.8 Å². The lowest BCUT2D eigenvalue weighted by Crippen LogP contribution is -2.30. The number of carbonyl (C=O) groups excluding carboxylic acids is 1. The number of anilines is 2. The summed E-state index contributed by atoms with van der Waals surface area (Å²) in [6.07, 6.45) is 2.46. The molecule has 98 valence electrons. The van der Waals surface area contributed by atoms with Crippen molar-refractivity contribution in [1.82, 2.24) is 0 Å². The Kier molecular flexibility index (Phi) is 3.87. The fourth-order valence-corrected chi connectivity index (χ4v) is 2.30. The van der Waals surface area contributed by atoms with Gasteiger partial charge in [-0.05, 0) is 44.9 Å². The maximum absolute atomic E-state index is 11.4. The van der Waals surface area contributed by atoms with E-state index < -0.39 is 0 Å². The molecule has 0 amide bonds. The first kappa shape index (κ1) is 12.9. The lowest BCUT2D eigenvalue weighted by molar-refractivity contribution is 0.0996. The molecule has 0 aromatic heterocycles. The molecule has 0 aliphatic carbocycles. The van der Waals surface area contributed by atoms with Crippen LogP contribution in [0.4, 0.5) is 11.4 Å². The molecule has 1 heterocycles. The molecule has 3 N–H and O–H groups in total. The number of ether oxygens (including phenoxy) is 1. The molecule has 2 unspecified atom stereocenters. The Hall–Kier alpha value is -1.55. The van der Waals surface area contributed by atoms with Crippen molar-refractivity contribution >= 4 is 17.2 Å². The van der Waals surface area contributed by atoms with Crippen molar-refractivity contribution in [2.45, 2.75) is 38.8 Å². The zero-order valence-electron chi connectivity index (χ0n) is 10.9. The first-order valence-corrected chi connectivity index (χ1v) is 6.36. The summed E-state index contributed by atoms with van der Waals surface area (Å²) in [5.41, 5.74) is 7.78. The topological polar surface area (TPSA) is 64.3 Å². The van der Waals surface area contributed by atoms with Crippen molar-refractivity contribution in [2.24, 2.45) is 0 Å². The van der Waals surface area contributed by atoms with E-state index in [0.717, 1.165) is 25.1 Å². The molecule has 2 atom stereocenters. The Morgan fingerprint density at radius 2 is 2.33 bits per heavy atom. The van der Waals surface area contributed by atoms with Gasteiger partial charge in [0.1, 0.15) is 0 Å². The number of hydrogen-bond donors (Lipinski definition) is 2. The van der Waals surface area contributed by atoms with Gasteiger partial charge in [-0.2, -0.15) is 0 Å². The Morgan fingerprint density at radius 3 is 2.94 bits per heavy atom. The number of rotatable bonds is 4. The minimum Gasteiger partial charge on any atom is -0.398 e. The minimum atomic E-state index is -0.0130. The van der Waals surface area contributed by atoms with Crippen LogP contribution in [0.2, 0.25) is 0 Å². The summed E-state index contributed by atoms with van der Waals surface area (Å²) in [6.45, 7) is 4.47. The standard InChI is InChI=1S/C14H20N2O2/c1-9(14-4-3-7-18-14)16-11-5-6-13(15)12(8-11)10(2)17/h5-6,8-9,14,16H,3-4,7,15H2,1-2H3. The molecule has 2 rings (SSSR count). The van der Waals surface area contributed by atoms with E-state index in [9.17, 15) is 4.79 Å². The molecule has 0 spiro atoms. The maximum atomic E-state index is 11.4. The first-order chi connectivity index (χ1) is 8.58. The largest absolute Gasteiger partial charge is 0.398 e. The van der Waals surface area contributed by atoms with Gasteiger partial charge >= 0.3 is 0 Å². The fraction of sp³-hybridized carbons (Fsp3) is 0.500. The highest BCUT2D eigenvalue weighted by atomic mass is 16.5. The van der Waals surface area contributed by atoms with Gasteiger partial charge in [-0.25, -0.2) is 0 Å². The second kappa shape index (κ2) is 5.40. The predicted octanol–water partition coefficient (Wildman–Crippen LogP) is 2.45. The SMILES string of the molecule is CC(=O)c1cc(NC(C)C2CCCO2)ccc1N. The molecular formula is C14H20N2O2. The number of ketones is 1. The van der Waals surface area contributed by atoms with Gasteiger partial charge in [0.05, 0.1) is 6.10 Å². The van der Waals surface area contributed by atoms with E-state index in [4.69, 9.17) is 10.5 Å². The van der Waals surface area contributed by atoms with Crippen molar-refractivity contribution in [3.8, 4) is 0 Å². The van der Waals surface area contributed by atoms with Crippen LogP contribution in [0.5, 0.6) is 0 Å². The number of benzene rings is 1. The highest BCUT2D eigenvalue weighted by Crippen LogP contribution is 2.22. The summed E-state index contributed by atoms with van der Waals surface area (Å²) < 4.78 is 5.63. The lowest BCUT2D eigenvalue weighted by atomic mass is 10.1. The van der Waals surface area contributed by atoms with Gasteiger partial charge in [-0.15, -0.1) is 0 Å². The Labute approximate surface area is 108 Å². The zero-order chi connectivity index (χ0) is 13.1. The molecule has 4 heteroatoms. The molecule has 1 aromatic rings. The predicted molar refractivity (Wildman–Crippen MR) is 72.9 cm³/mol. The van der Waals surface area contributed by atoms with Gasteiger partial charge in [0.25, 0.3) is 0 Å². The molecule has 1 aliphatic rings. The van der Waals surface area contributed by atoms with E-state index in [1.165, 1.54) is 6.92 Å². The monoisotopic (exact) mass is 248 g/mol. The maximum Gasteiger partial charge on any atom is 0.161 e. The van der Waals surface area contributed by atoms with Crippen molar-refractivity contribution in [1.29, 1.82) is 0 Å². The molecule has 4 nitrogen and oxygen atoms in total. The smallest absolute Gasteiger partial charge is 0.161 e. The summed E-state index contributed by atoms with van der Waals surface area (Å²) in [5, 5.41) is 3.37. The number of nitrogens with one attached hydrogen (secondary N) is 1. The van der Waals surface area contributed by atoms with Crippen LogP contribution < -0.4 is 11.1 Å². The second-order valence-corrected chi connectivity index (χ2v) is 4.84. The number of carbonyl (C=O) groups is 1. The summed E-state index contributed by atoms with van der Waals surface area (Å²) >= 11 is 0. The molecule has 0 radical (unpaired) electrons. The fourth-order valence-electron chi connectivity index (χ4n) is 2.30. The third-order valence-electron chi connectivity index (χ3n) is 3.35. The zero-order valence-corrected chi connectivity index (χ0v) is 10.9. The number of nitrogen functional groups attached to an aromatic ring is 1. The van der Waals surface area contributed by atoms with Crippen LogP contribution in [-0.4, -0.2) is 24.5 Å². The highest BCUT2D eigenvalue weighted by molar-refractivity contribution is 6.00. The Balaban J connectivity index is 2.09. The van der Waals surface area contributed by atoms with Crippen molar-refractivity contribution in [3.63, 3.8) is 0 Å². The summed E-state index contributed by atoms with van der Waals surface area (Å²) in [7, 11) is 0. The van der Waals surface area contributed by atoms with Crippen molar-refractivity contribution in [2.75, 3.05) is 17.7 Å². The summed E-state index contributed by atoms with van der Waals surface area (Å²) in [6, 6.07) is 5.70. The van der Waals surface area contributed by atoms with E-state index >= 15 is 0 Å². The van der Waals surface area contributed by atoms with Crippen LogP contribution >= 0.6 is 0 Å². The van der Waals surface area contributed by atoms with Gasteiger partial charge in [-0.3, -0.25) is 4.79 Å². The lowest BCUT2D eigenvalue weighted by Gasteiger charge is -2.21. The molecule has 0 saturated carbocycles. The van der Waals surface area contributed by atoms with E-state index in [-0.39, 0.29) is 17.9 Å². The number of Topliss-reactive ketones (excluding diaryl/α,β-unsaturated/α-hetero) is 1. The molecule has 18 heavy (non-hydrogen) atoms. The van der Waals surface area contributed by atoms with Crippen LogP contribution in [-0.2, 0) is 4.74 Å². The van der Waals surface area contributed by atoms with Gasteiger partial charge in [0.2, 0.25) is 0 Å². The van der Waals surface area contributed by atoms with Crippen LogP contribution in [0.1, 0.15) is 37.0 Å². The third-order valence-corrected chi connectivity index (χ3v) is 3.35. The van der Waals surface area contributed by atoms with Crippen LogP contribution in [0.3, 0.4) is 0 Å². The normalized spacial score (nSPS) is 20.7. The average molecular weight is 248 g/mol. The number of hydrogen-bond acceptors (Lipinski definition) is 4. The molecule has 1 aromatic carbocycles. The van der Waals surface area contributed by atoms with E-state index in [1.54, 1.807) is 6.07 Å². The quantitative estimate of drug-likeness (QED) is 0.634. The summed E-state index contributed by atoms with van der Waals surface area (Å²) in [4.78, 5) is 11.4. The molecular weight excluding hydrogens is 228 g/mol. The highest BCUT2D eigenvalue weighted by Gasteiger charge is 2.22. The van der Waals surface area contributed by atoms with Gasteiger partial charge in [-0.1, -0.05) is 0 Å². The van der Waals surface area contributed by atoms with Crippen LogP contribution in [0.25, 0.3) is 0 Å².